The number of aliphatic hydroxyl groups is 1. The fourth-order valence-corrected chi connectivity index (χ4v) is 6.19. The molecule has 1 amide bonds. The minimum Gasteiger partial charge on any atom is -0.389 e. The van der Waals surface area contributed by atoms with Gasteiger partial charge in [-0.25, -0.2) is 9.97 Å². The predicted molar refractivity (Wildman–Crippen MR) is 147 cm³/mol. The second-order valence-corrected chi connectivity index (χ2v) is 16.2. The number of pyridine rings is 1. The summed E-state index contributed by atoms with van der Waals surface area (Å²) in [5, 5.41) is 14.9. The Morgan fingerprint density at radius 3 is 2.47 bits per heavy atom. The van der Waals surface area contributed by atoms with Crippen molar-refractivity contribution in [3.63, 3.8) is 0 Å². The van der Waals surface area contributed by atoms with Crippen LogP contribution in [0.4, 0.5) is 18.9 Å². The van der Waals surface area contributed by atoms with Crippen molar-refractivity contribution in [2.45, 2.75) is 39.0 Å². The second-order valence-electron chi connectivity index (χ2n) is 10.1. The first-order chi connectivity index (χ1) is 17.9. The maximum atomic E-state index is 13.5. The molecule has 0 aliphatic heterocycles. The number of alkyl halides is 3. The summed E-state index contributed by atoms with van der Waals surface area (Å²) in [5.41, 5.74) is 2.14. The molecule has 0 saturated heterocycles. The van der Waals surface area contributed by atoms with Crippen LogP contribution < -0.4 is 10.5 Å². The molecule has 2 aromatic carbocycles. The molecule has 0 fully saturated rings. The molecular formula is C27H25F3N4O2SSi. The first-order valence-electron chi connectivity index (χ1n) is 11.9. The maximum Gasteiger partial charge on any atom is 0.416 e. The fourth-order valence-electron chi connectivity index (χ4n) is 4.28. The molecule has 2 N–H and O–H groups in total. The topological polar surface area (TPSA) is 80.0 Å². The predicted octanol–water partition coefficient (Wildman–Crippen LogP) is 6.00. The number of nitrogens with one attached hydrogen (secondary N) is 1. The van der Waals surface area contributed by atoms with E-state index in [4.69, 9.17) is 0 Å². The SMILES string of the molecule is C[Si](C)(C)c1ccc2c(c1)cc(C(=O)Nc1cnc3sc(CO)nc3c1)n2Cc1ccc(C(F)(F)F)cc1. The molecule has 0 unspecified atom stereocenters. The Kier molecular flexibility index (Phi) is 6.62. The van der Waals surface area contributed by atoms with Crippen LogP contribution in [0, 0.1) is 0 Å². The first-order valence-corrected chi connectivity index (χ1v) is 16.2. The van der Waals surface area contributed by atoms with Crippen LogP contribution in [0.5, 0.6) is 0 Å². The van der Waals surface area contributed by atoms with E-state index in [1.165, 1.54) is 34.9 Å². The molecule has 0 spiro atoms. The van der Waals surface area contributed by atoms with Gasteiger partial charge in [0.25, 0.3) is 5.91 Å². The molecule has 0 atom stereocenters. The lowest BCUT2D eigenvalue weighted by Gasteiger charge is -2.17. The molecule has 6 nitrogen and oxygen atoms in total. The molecule has 196 valence electrons. The zero-order valence-electron chi connectivity index (χ0n) is 20.9. The summed E-state index contributed by atoms with van der Waals surface area (Å²) in [6.07, 6.45) is -2.88. The molecular weight excluding hydrogens is 529 g/mol. The van der Waals surface area contributed by atoms with Crippen LogP contribution in [0.3, 0.4) is 0 Å². The van der Waals surface area contributed by atoms with Gasteiger partial charge in [-0.2, -0.15) is 13.2 Å². The van der Waals surface area contributed by atoms with Crippen molar-refractivity contribution >= 4 is 57.4 Å². The zero-order chi connectivity index (χ0) is 27.2. The summed E-state index contributed by atoms with van der Waals surface area (Å²) >= 11 is 1.28. The minimum absolute atomic E-state index is 0.188. The molecule has 3 heterocycles. The van der Waals surface area contributed by atoms with E-state index in [2.05, 4.69) is 47.1 Å². The van der Waals surface area contributed by atoms with Crippen LogP contribution in [-0.4, -0.2) is 33.6 Å². The van der Waals surface area contributed by atoms with Crippen molar-refractivity contribution in [1.29, 1.82) is 0 Å². The summed E-state index contributed by atoms with van der Waals surface area (Å²) in [4.78, 5) is 22.8. The Bertz CT molecular complexity index is 1650. The smallest absolute Gasteiger partial charge is 0.389 e. The van der Waals surface area contributed by atoms with E-state index < -0.39 is 19.8 Å². The van der Waals surface area contributed by atoms with Crippen molar-refractivity contribution in [1.82, 2.24) is 14.5 Å². The van der Waals surface area contributed by atoms with Crippen molar-refractivity contribution < 1.29 is 23.1 Å². The van der Waals surface area contributed by atoms with Gasteiger partial charge in [-0.3, -0.25) is 4.79 Å². The molecule has 3 aromatic heterocycles. The second kappa shape index (κ2) is 9.64. The van der Waals surface area contributed by atoms with Gasteiger partial charge in [0.2, 0.25) is 0 Å². The highest BCUT2D eigenvalue weighted by atomic mass is 32.1. The van der Waals surface area contributed by atoms with Gasteiger partial charge in [0, 0.05) is 17.4 Å². The van der Waals surface area contributed by atoms with Crippen LogP contribution in [0.15, 0.2) is 60.8 Å². The number of anilines is 1. The van der Waals surface area contributed by atoms with E-state index in [1.807, 2.05) is 16.7 Å². The van der Waals surface area contributed by atoms with E-state index >= 15 is 0 Å². The summed E-state index contributed by atoms with van der Waals surface area (Å²) in [7, 11) is -1.62. The van der Waals surface area contributed by atoms with Crippen LogP contribution in [-0.2, 0) is 19.3 Å². The molecule has 11 heteroatoms. The number of rotatable bonds is 6. The van der Waals surface area contributed by atoms with Crippen molar-refractivity contribution in [2.75, 3.05) is 5.32 Å². The van der Waals surface area contributed by atoms with Crippen LogP contribution in [0.2, 0.25) is 19.6 Å². The summed E-state index contributed by atoms with van der Waals surface area (Å²) < 4.78 is 41.0. The van der Waals surface area contributed by atoms with Gasteiger partial charge in [-0.05, 0) is 35.9 Å². The molecule has 0 saturated carbocycles. The first kappa shape index (κ1) is 26.1. The van der Waals surface area contributed by atoms with E-state index in [0.29, 0.717) is 32.3 Å². The number of carbonyl (C=O) groups is 1. The Balaban J connectivity index is 1.53. The average molecular weight is 555 g/mol. The monoisotopic (exact) mass is 554 g/mol. The number of nitrogens with zero attached hydrogens (tertiary/aromatic N) is 3. The van der Waals surface area contributed by atoms with Crippen molar-refractivity contribution in [3.8, 4) is 0 Å². The third-order valence-corrected chi connectivity index (χ3v) is 9.31. The van der Waals surface area contributed by atoms with Gasteiger partial charge >= 0.3 is 6.18 Å². The van der Waals surface area contributed by atoms with Gasteiger partial charge in [0.15, 0.2) is 0 Å². The number of aliphatic hydroxyl groups excluding tert-OH is 1. The Morgan fingerprint density at radius 2 is 1.82 bits per heavy atom. The standard InChI is InChI=1S/C27H25F3N4O2SSi/c1-38(2,3)20-8-9-22-17(10-20)11-23(34(22)14-16-4-6-18(7-5-16)27(28,29)30)25(36)32-19-12-21-26(31-13-19)37-24(15-35)33-21/h4-13,35H,14-15H2,1-3H3,(H,32,36). The van der Waals surface area contributed by atoms with E-state index in [9.17, 15) is 23.1 Å². The zero-order valence-corrected chi connectivity index (χ0v) is 22.7. The van der Waals surface area contributed by atoms with E-state index in [0.717, 1.165) is 23.0 Å². The van der Waals surface area contributed by atoms with Crippen LogP contribution >= 0.6 is 11.3 Å². The van der Waals surface area contributed by atoms with Crippen LogP contribution in [0.1, 0.15) is 26.6 Å². The number of amides is 1. The number of carbonyl (C=O) groups excluding carboxylic acids is 1. The number of halogens is 3. The highest BCUT2D eigenvalue weighted by Crippen LogP contribution is 2.30. The summed E-state index contributed by atoms with van der Waals surface area (Å²) in [6.45, 7) is 6.76. The third kappa shape index (κ3) is 5.22. The number of benzene rings is 2. The molecule has 0 aliphatic rings. The van der Waals surface area contributed by atoms with Gasteiger partial charge in [-0.1, -0.05) is 60.4 Å². The normalized spacial score (nSPS) is 12.4. The maximum absolute atomic E-state index is 13.5. The Hall–Kier alpha value is -3.54. The van der Waals surface area contributed by atoms with Gasteiger partial charge < -0.3 is 15.0 Å². The summed E-state index contributed by atoms with van der Waals surface area (Å²) in [6, 6.07) is 14.6. The van der Waals surface area contributed by atoms with Crippen molar-refractivity contribution in [2.24, 2.45) is 0 Å². The molecule has 0 radical (unpaired) electrons. The van der Waals surface area contributed by atoms with Gasteiger partial charge in [0.05, 0.1) is 32.1 Å². The number of aromatic nitrogens is 3. The molecule has 0 bridgehead atoms. The fraction of sp³-hybridized carbons (Fsp3) is 0.222. The van der Waals surface area contributed by atoms with E-state index in [1.54, 1.807) is 6.07 Å². The number of fused-ring (bicyclic) bond motifs is 2. The molecule has 5 rings (SSSR count). The highest BCUT2D eigenvalue weighted by Gasteiger charge is 2.30. The molecule has 0 aliphatic carbocycles. The lowest BCUT2D eigenvalue weighted by molar-refractivity contribution is -0.137. The molecule has 5 aromatic rings. The van der Waals surface area contributed by atoms with Gasteiger partial charge in [-0.15, -0.1) is 0 Å². The van der Waals surface area contributed by atoms with Gasteiger partial charge in [0.1, 0.15) is 21.0 Å². The lowest BCUT2D eigenvalue weighted by atomic mass is 10.1. The quantitative estimate of drug-likeness (QED) is 0.252. The van der Waals surface area contributed by atoms with E-state index in [-0.39, 0.29) is 19.1 Å². The van der Waals surface area contributed by atoms with Crippen molar-refractivity contribution in [3.05, 3.63) is 82.6 Å². The number of hydrogen-bond acceptors (Lipinski definition) is 5. The Labute approximate surface area is 221 Å². The lowest BCUT2D eigenvalue weighted by Crippen LogP contribution is -2.37. The third-order valence-electron chi connectivity index (χ3n) is 6.31. The minimum atomic E-state index is -4.42. The molecule has 38 heavy (non-hydrogen) atoms. The number of thiazole rings is 1. The van der Waals surface area contributed by atoms with Crippen LogP contribution in [0.25, 0.3) is 21.3 Å². The largest absolute Gasteiger partial charge is 0.416 e. The Morgan fingerprint density at radius 1 is 1.08 bits per heavy atom. The summed E-state index contributed by atoms with van der Waals surface area (Å²) in [5.74, 6) is -0.374. The highest BCUT2D eigenvalue weighted by molar-refractivity contribution is 7.18. The number of hydrogen-bond donors (Lipinski definition) is 2. The average Bonchev–Trinajstić information content (AvgIpc) is 3.44.